The van der Waals surface area contributed by atoms with Crippen LogP contribution in [-0.2, 0) is 16.2 Å². The summed E-state index contributed by atoms with van der Waals surface area (Å²) in [6.45, 7) is 14.1. The molecule has 0 bridgehead atoms. The number of aryl methyl sites for hydroxylation is 2. The van der Waals surface area contributed by atoms with E-state index in [-0.39, 0.29) is 10.8 Å². The van der Waals surface area contributed by atoms with E-state index in [1.165, 1.54) is 101 Å². The van der Waals surface area contributed by atoms with Gasteiger partial charge >= 0.3 is 0 Å². The molecule has 2 nitrogen and oxygen atoms in total. The summed E-state index contributed by atoms with van der Waals surface area (Å²) in [6, 6.07) is 42.6. The van der Waals surface area contributed by atoms with Gasteiger partial charge in [-0.3, -0.25) is 0 Å². The number of rotatable bonds is 0. The Morgan fingerprint density at radius 3 is 1.18 bits per heavy atom. The predicted molar refractivity (Wildman–Crippen MR) is 205 cm³/mol. The molecule has 0 saturated carbocycles. The summed E-state index contributed by atoms with van der Waals surface area (Å²) < 4.78 is 0. The number of hydrogen-bond acceptors (Lipinski definition) is 2. The molecule has 1 spiro atoms. The fourth-order valence-electron chi connectivity index (χ4n) is 10.2. The van der Waals surface area contributed by atoms with Crippen molar-refractivity contribution in [3.63, 3.8) is 0 Å². The Morgan fingerprint density at radius 2 is 0.755 bits per heavy atom. The minimum Gasteiger partial charge on any atom is -0.344 e. The molecule has 2 aliphatic heterocycles. The van der Waals surface area contributed by atoms with Gasteiger partial charge in [0.2, 0.25) is 0 Å². The molecule has 0 N–H and O–H groups in total. The molecule has 0 aromatic heterocycles. The first-order valence-corrected chi connectivity index (χ1v) is 17.7. The molecule has 49 heavy (non-hydrogen) atoms. The van der Waals surface area contributed by atoms with Crippen LogP contribution in [0.2, 0.25) is 0 Å². The number of benzene rings is 6. The first kappa shape index (κ1) is 28.9. The van der Waals surface area contributed by atoms with Crippen molar-refractivity contribution in [2.75, 3.05) is 23.9 Å². The molecule has 0 atom stereocenters. The summed E-state index contributed by atoms with van der Waals surface area (Å²) in [5.74, 6) is 0. The molecule has 2 heteroatoms. The molecular formula is C47H42N2. The van der Waals surface area contributed by atoms with Crippen molar-refractivity contribution >= 4 is 22.7 Å². The predicted octanol–water partition coefficient (Wildman–Crippen LogP) is 11.5. The molecule has 240 valence electrons. The van der Waals surface area contributed by atoms with E-state index in [0.717, 1.165) is 0 Å². The van der Waals surface area contributed by atoms with Gasteiger partial charge in [0.15, 0.2) is 0 Å². The molecule has 6 aromatic rings. The summed E-state index contributed by atoms with van der Waals surface area (Å²) in [7, 11) is 4.52. The van der Waals surface area contributed by atoms with E-state index < -0.39 is 5.41 Å². The van der Waals surface area contributed by atoms with Crippen LogP contribution in [-0.4, -0.2) is 14.1 Å². The zero-order valence-electron chi connectivity index (χ0n) is 29.8. The van der Waals surface area contributed by atoms with Gasteiger partial charge < -0.3 is 9.80 Å². The van der Waals surface area contributed by atoms with Crippen molar-refractivity contribution < 1.29 is 0 Å². The van der Waals surface area contributed by atoms with E-state index in [1.807, 2.05) is 0 Å². The zero-order valence-corrected chi connectivity index (χ0v) is 29.8. The molecule has 0 fully saturated rings. The summed E-state index contributed by atoms with van der Waals surface area (Å²) in [4.78, 5) is 4.89. The number of nitrogens with zero attached hydrogens (tertiary/aromatic N) is 2. The van der Waals surface area contributed by atoms with Gasteiger partial charge in [-0.15, -0.1) is 0 Å². The standard InChI is InChI=1S/C47H42N2/c1-27-17-19-41-37(21-27)45(3,4)39-23-31-32-24-40-44(49(8)42-20-18-28(2)22-38(42)46(40,5)6)26-36(32)47(35(31)25-43(39)48(41)7)33-15-11-9-13-29(33)30-14-10-12-16-34(30)47/h9-26H,1-8H3. The molecular weight excluding hydrogens is 593 g/mol. The second-order valence-corrected chi connectivity index (χ2v) is 16.1. The third-order valence-corrected chi connectivity index (χ3v) is 12.8. The Balaban J connectivity index is 1.35. The Bertz CT molecular complexity index is 2290. The molecule has 0 saturated heterocycles. The van der Waals surface area contributed by atoms with Crippen LogP contribution in [0.15, 0.2) is 109 Å². The van der Waals surface area contributed by atoms with Gasteiger partial charge in [-0.05, 0) is 117 Å². The third-order valence-electron chi connectivity index (χ3n) is 12.8. The Labute approximate surface area is 290 Å². The van der Waals surface area contributed by atoms with Crippen molar-refractivity contribution in [3.8, 4) is 22.3 Å². The minimum atomic E-state index is -0.418. The van der Waals surface area contributed by atoms with Gasteiger partial charge in [-0.2, -0.15) is 0 Å². The summed E-state index contributed by atoms with van der Waals surface area (Å²) in [5, 5.41) is 0. The van der Waals surface area contributed by atoms with Crippen LogP contribution >= 0.6 is 0 Å². The highest BCUT2D eigenvalue weighted by atomic mass is 15.1. The fraction of sp³-hybridized carbons (Fsp3) is 0.234. The molecule has 6 aromatic carbocycles. The topological polar surface area (TPSA) is 6.48 Å². The van der Waals surface area contributed by atoms with E-state index >= 15 is 0 Å². The Morgan fingerprint density at radius 1 is 0.367 bits per heavy atom. The van der Waals surface area contributed by atoms with Crippen molar-refractivity contribution in [1.29, 1.82) is 0 Å². The molecule has 10 rings (SSSR count). The van der Waals surface area contributed by atoms with Crippen molar-refractivity contribution in [2.24, 2.45) is 0 Å². The van der Waals surface area contributed by atoms with Crippen LogP contribution in [0.5, 0.6) is 0 Å². The second-order valence-electron chi connectivity index (χ2n) is 16.1. The molecule has 2 heterocycles. The lowest BCUT2D eigenvalue weighted by Crippen LogP contribution is -2.33. The van der Waals surface area contributed by atoms with Crippen molar-refractivity contribution in [1.82, 2.24) is 0 Å². The van der Waals surface area contributed by atoms with Gasteiger partial charge in [-0.1, -0.05) is 112 Å². The van der Waals surface area contributed by atoms with E-state index in [1.54, 1.807) is 0 Å². The SMILES string of the molecule is Cc1ccc2c(c1)C(C)(C)c1cc3c(cc1N2C)C1(c2ccccc2-c2ccccc21)c1cc2c(cc1-3)C(C)(C)c1cc(C)ccc1N2C. The lowest BCUT2D eigenvalue weighted by molar-refractivity contribution is 0.628. The number of hydrogen-bond donors (Lipinski definition) is 0. The highest BCUT2D eigenvalue weighted by molar-refractivity contribution is 5.99. The maximum absolute atomic E-state index is 2.58. The molecule has 0 amide bonds. The number of fused-ring (bicyclic) bond motifs is 14. The highest BCUT2D eigenvalue weighted by Gasteiger charge is 2.54. The van der Waals surface area contributed by atoms with Crippen LogP contribution in [0.4, 0.5) is 22.7 Å². The van der Waals surface area contributed by atoms with Gasteiger partial charge in [0.25, 0.3) is 0 Å². The van der Waals surface area contributed by atoms with Gasteiger partial charge in [-0.25, -0.2) is 0 Å². The molecule has 4 aliphatic rings. The van der Waals surface area contributed by atoms with Crippen LogP contribution in [0.1, 0.15) is 83.3 Å². The Hall–Kier alpha value is -5.08. The summed E-state index contributed by atoms with van der Waals surface area (Å²) in [6.07, 6.45) is 0. The van der Waals surface area contributed by atoms with Crippen LogP contribution in [0, 0.1) is 13.8 Å². The van der Waals surface area contributed by atoms with E-state index in [4.69, 9.17) is 0 Å². The number of anilines is 4. The highest BCUT2D eigenvalue weighted by Crippen LogP contribution is 2.66. The largest absolute Gasteiger partial charge is 0.344 e. The van der Waals surface area contributed by atoms with Gasteiger partial charge in [0, 0.05) is 47.7 Å². The monoisotopic (exact) mass is 634 g/mol. The maximum atomic E-state index is 2.58. The van der Waals surface area contributed by atoms with E-state index in [0.29, 0.717) is 0 Å². The first-order valence-electron chi connectivity index (χ1n) is 17.7. The van der Waals surface area contributed by atoms with Crippen LogP contribution < -0.4 is 9.80 Å². The lowest BCUT2D eigenvalue weighted by atomic mass is 9.67. The molecule has 2 aliphatic carbocycles. The van der Waals surface area contributed by atoms with E-state index in [9.17, 15) is 0 Å². The quantitative estimate of drug-likeness (QED) is 0.164. The Kier molecular flexibility index (Phi) is 5.38. The second kappa shape index (κ2) is 9.12. The smallest absolute Gasteiger partial charge is 0.0727 e. The molecule has 0 radical (unpaired) electrons. The normalized spacial score (nSPS) is 17.4. The lowest BCUT2D eigenvalue weighted by Gasteiger charge is -2.42. The molecule has 0 unspecified atom stereocenters. The summed E-state index contributed by atoms with van der Waals surface area (Å²) >= 11 is 0. The van der Waals surface area contributed by atoms with Crippen molar-refractivity contribution in [3.05, 3.63) is 165 Å². The average Bonchev–Trinajstić information content (AvgIpc) is 3.55. The van der Waals surface area contributed by atoms with E-state index in [2.05, 4.69) is 175 Å². The minimum absolute atomic E-state index is 0.149. The average molecular weight is 635 g/mol. The third kappa shape index (κ3) is 3.33. The van der Waals surface area contributed by atoms with Crippen LogP contribution in [0.3, 0.4) is 0 Å². The van der Waals surface area contributed by atoms with Gasteiger partial charge in [0.1, 0.15) is 0 Å². The van der Waals surface area contributed by atoms with Gasteiger partial charge in [0.05, 0.1) is 5.41 Å². The maximum Gasteiger partial charge on any atom is 0.0727 e. The van der Waals surface area contributed by atoms with Crippen molar-refractivity contribution in [2.45, 2.75) is 57.8 Å². The zero-order chi connectivity index (χ0) is 33.8. The first-order chi connectivity index (χ1) is 23.5. The fourth-order valence-corrected chi connectivity index (χ4v) is 10.2. The van der Waals surface area contributed by atoms with Crippen LogP contribution in [0.25, 0.3) is 22.3 Å². The summed E-state index contributed by atoms with van der Waals surface area (Å²) in [5.41, 5.74) is 23.7.